The molecule has 0 N–H and O–H groups in total. The molecule has 0 saturated carbocycles. The standard InChI is InChI=1S/C28H41ClN4O4S/c29-21-7-8-27-25(19-21)26-6-4-5-24(33(26)38(27,35)36)20-37-28(34)32-17-11-23(12-18-32)31-15-9-22(10-16-31)30-13-2-1-3-14-30/h7-8,19,22-24,26H,1-6,9-18,20H2/t24-,26+/m1/s1. The second-order valence-electron chi connectivity index (χ2n) is 11.8. The molecule has 4 fully saturated rings. The third kappa shape index (κ3) is 5.21. The highest BCUT2D eigenvalue weighted by atomic mass is 35.5. The van der Waals surface area contributed by atoms with Gasteiger partial charge in [0, 0.05) is 30.2 Å². The summed E-state index contributed by atoms with van der Waals surface area (Å²) in [5, 5.41) is 0.545. The van der Waals surface area contributed by atoms with E-state index in [1.165, 1.54) is 45.2 Å². The fraction of sp³-hybridized carbons (Fsp3) is 0.750. The van der Waals surface area contributed by atoms with Crippen LogP contribution in [0.1, 0.15) is 75.8 Å². The zero-order valence-corrected chi connectivity index (χ0v) is 23.8. The van der Waals surface area contributed by atoms with E-state index in [9.17, 15) is 13.2 Å². The molecule has 0 spiro atoms. The Morgan fingerprint density at radius 1 is 0.842 bits per heavy atom. The lowest BCUT2D eigenvalue weighted by atomic mass is 9.94. The molecule has 4 saturated heterocycles. The number of carbonyl (C=O) groups excluding carboxylic acids is 1. The van der Waals surface area contributed by atoms with E-state index < -0.39 is 10.0 Å². The van der Waals surface area contributed by atoms with Gasteiger partial charge in [-0.15, -0.1) is 0 Å². The van der Waals surface area contributed by atoms with Gasteiger partial charge in [-0.2, -0.15) is 4.31 Å². The van der Waals surface area contributed by atoms with Gasteiger partial charge in [-0.1, -0.05) is 18.0 Å². The molecule has 2 atom stereocenters. The van der Waals surface area contributed by atoms with Crippen LogP contribution in [0.4, 0.5) is 4.79 Å². The largest absolute Gasteiger partial charge is 0.448 e. The summed E-state index contributed by atoms with van der Waals surface area (Å²) in [6.45, 7) is 6.38. The minimum atomic E-state index is -3.62. The first-order chi connectivity index (χ1) is 18.4. The van der Waals surface area contributed by atoms with Crippen molar-refractivity contribution in [3.05, 3.63) is 28.8 Å². The van der Waals surface area contributed by atoms with Gasteiger partial charge < -0.3 is 19.4 Å². The van der Waals surface area contributed by atoms with Gasteiger partial charge in [0.25, 0.3) is 0 Å². The number of nitrogens with zero attached hydrogens (tertiary/aromatic N) is 4. The van der Waals surface area contributed by atoms with Gasteiger partial charge >= 0.3 is 6.09 Å². The third-order valence-corrected chi connectivity index (χ3v) is 11.9. The molecule has 0 aliphatic carbocycles. The topological polar surface area (TPSA) is 73.4 Å². The normalized spacial score (nSPS) is 29.7. The number of piperidine rings is 4. The molecular formula is C28H41ClN4O4S. The molecule has 38 heavy (non-hydrogen) atoms. The Morgan fingerprint density at radius 2 is 1.50 bits per heavy atom. The SMILES string of the molecule is O=C(OC[C@H]1CCC[C@H]2c3cc(Cl)ccc3S(=O)(=O)N12)N1CCC(N2CCC(N3CCCCC3)CC2)CC1. The fourth-order valence-corrected chi connectivity index (χ4v) is 9.82. The van der Waals surface area contributed by atoms with Crippen molar-refractivity contribution in [1.29, 1.82) is 0 Å². The Labute approximate surface area is 232 Å². The zero-order valence-electron chi connectivity index (χ0n) is 22.3. The lowest BCUT2D eigenvalue weighted by Crippen LogP contribution is -2.52. The maximum absolute atomic E-state index is 13.3. The van der Waals surface area contributed by atoms with E-state index in [0.717, 1.165) is 50.4 Å². The molecule has 5 aliphatic heterocycles. The highest BCUT2D eigenvalue weighted by Crippen LogP contribution is 2.47. The quantitative estimate of drug-likeness (QED) is 0.536. The number of hydrogen-bond donors (Lipinski definition) is 0. The Kier molecular flexibility index (Phi) is 7.93. The summed E-state index contributed by atoms with van der Waals surface area (Å²) in [7, 11) is -3.62. The second-order valence-corrected chi connectivity index (χ2v) is 14.0. The van der Waals surface area contributed by atoms with Gasteiger partial charge in [0.15, 0.2) is 0 Å². The number of halogens is 1. The van der Waals surface area contributed by atoms with Crippen molar-refractivity contribution in [3.63, 3.8) is 0 Å². The summed E-state index contributed by atoms with van der Waals surface area (Å²) >= 11 is 6.18. The van der Waals surface area contributed by atoms with Crippen molar-refractivity contribution in [1.82, 2.24) is 19.0 Å². The van der Waals surface area contributed by atoms with E-state index in [0.29, 0.717) is 35.5 Å². The first-order valence-electron chi connectivity index (χ1n) is 14.6. The minimum absolute atomic E-state index is 0.0974. The van der Waals surface area contributed by atoms with Crippen LogP contribution in [0.15, 0.2) is 23.1 Å². The molecule has 8 nitrogen and oxygen atoms in total. The van der Waals surface area contributed by atoms with Crippen molar-refractivity contribution in [3.8, 4) is 0 Å². The van der Waals surface area contributed by atoms with Gasteiger partial charge in [0.2, 0.25) is 10.0 Å². The maximum atomic E-state index is 13.3. The van der Waals surface area contributed by atoms with Crippen molar-refractivity contribution in [2.75, 3.05) is 45.9 Å². The van der Waals surface area contributed by atoms with Crippen molar-refractivity contribution in [2.45, 2.75) is 93.3 Å². The average Bonchev–Trinajstić information content (AvgIpc) is 3.18. The number of hydrogen-bond acceptors (Lipinski definition) is 6. The van der Waals surface area contributed by atoms with Crippen LogP contribution < -0.4 is 0 Å². The minimum Gasteiger partial charge on any atom is -0.448 e. The van der Waals surface area contributed by atoms with Crippen molar-refractivity contribution >= 4 is 27.7 Å². The predicted octanol–water partition coefficient (Wildman–Crippen LogP) is 4.49. The smallest absolute Gasteiger partial charge is 0.409 e. The van der Waals surface area contributed by atoms with E-state index in [1.807, 2.05) is 4.90 Å². The summed E-state index contributed by atoms with van der Waals surface area (Å²) in [5.41, 5.74) is 0.774. The lowest BCUT2D eigenvalue weighted by Gasteiger charge is -2.44. The number of carbonyl (C=O) groups is 1. The average molecular weight is 565 g/mol. The van der Waals surface area contributed by atoms with Crippen molar-refractivity contribution < 1.29 is 17.9 Å². The Balaban J connectivity index is 0.982. The van der Waals surface area contributed by atoms with E-state index in [1.54, 1.807) is 22.5 Å². The maximum Gasteiger partial charge on any atom is 0.409 e. The molecule has 1 aromatic rings. The van der Waals surface area contributed by atoms with Gasteiger partial charge in [0.1, 0.15) is 6.61 Å². The molecule has 0 radical (unpaired) electrons. The molecule has 5 heterocycles. The first kappa shape index (κ1) is 26.8. The molecule has 10 heteroatoms. The fourth-order valence-electron chi connectivity index (χ4n) is 7.57. The molecule has 0 unspecified atom stereocenters. The van der Waals surface area contributed by atoms with Crippen LogP contribution in [-0.2, 0) is 14.8 Å². The highest BCUT2D eigenvalue weighted by Gasteiger charge is 2.48. The van der Waals surface area contributed by atoms with E-state index >= 15 is 0 Å². The number of ether oxygens (including phenoxy) is 1. The molecule has 5 aliphatic rings. The molecule has 210 valence electrons. The lowest BCUT2D eigenvalue weighted by molar-refractivity contribution is 0.0343. The second kappa shape index (κ2) is 11.2. The molecule has 6 rings (SSSR count). The summed E-state index contributed by atoms with van der Waals surface area (Å²) in [5.74, 6) is 0. The number of likely N-dealkylation sites (tertiary alicyclic amines) is 3. The van der Waals surface area contributed by atoms with Crippen LogP contribution >= 0.6 is 11.6 Å². The zero-order chi connectivity index (χ0) is 26.3. The number of rotatable bonds is 4. The van der Waals surface area contributed by atoms with E-state index in [4.69, 9.17) is 16.3 Å². The van der Waals surface area contributed by atoms with Gasteiger partial charge in [-0.25, -0.2) is 13.2 Å². The van der Waals surface area contributed by atoms with Crippen LogP contribution in [0.3, 0.4) is 0 Å². The molecule has 1 aromatic carbocycles. The molecule has 1 amide bonds. The summed E-state index contributed by atoms with van der Waals surface area (Å²) < 4.78 is 33.9. The van der Waals surface area contributed by atoms with Gasteiger partial charge in [-0.3, -0.25) is 0 Å². The van der Waals surface area contributed by atoms with E-state index in [2.05, 4.69) is 9.80 Å². The predicted molar refractivity (Wildman–Crippen MR) is 147 cm³/mol. The summed E-state index contributed by atoms with van der Waals surface area (Å²) in [6.07, 6.45) is 10.6. The molecular weight excluding hydrogens is 524 g/mol. The van der Waals surface area contributed by atoms with Crippen LogP contribution in [0.2, 0.25) is 5.02 Å². The van der Waals surface area contributed by atoms with Crippen LogP contribution in [-0.4, -0.2) is 97.5 Å². The Hall–Kier alpha value is -1.39. The van der Waals surface area contributed by atoms with Gasteiger partial charge in [0.05, 0.1) is 17.0 Å². The monoisotopic (exact) mass is 564 g/mol. The van der Waals surface area contributed by atoms with Crippen LogP contribution in [0.5, 0.6) is 0 Å². The highest BCUT2D eigenvalue weighted by molar-refractivity contribution is 7.89. The molecule has 0 aromatic heterocycles. The van der Waals surface area contributed by atoms with Gasteiger partial charge in [-0.05, 0) is 108 Å². The summed E-state index contributed by atoms with van der Waals surface area (Å²) in [6, 6.07) is 5.74. The molecule has 0 bridgehead atoms. The first-order valence-corrected chi connectivity index (χ1v) is 16.5. The Morgan fingerprint density at radius 3 is 2.21 bits per heavy atom. The summed E-state index contributed by atoms with van der Waals surface area (Å²) in [4.78, 5) is 20.5. The Bertz CT molecular complexity index is 1110. The van der Waals surface area contributed by atoms with Crippen LogP contribution in [0.25, 0.3) is 0 Å². The number of benzene rings is 1. The van der Waals surface area contributed by atoms with Crippen molar-refractivity contribution in [2.24, 2.45) is 0 Å². The number of sulfonamides is 1. The number of amides is 1. The van der Waals surface area contributed by atoms with Crippen LogP contribution in [0, 0.1) is 0 Å². The van der Waals surface area contributed by atoms with E-state index in [-0.39, 0.29) is 24.8 Å². The number of fused-ring (bicyclic) bond motifs is 3. The third-order valence-electron chi connectivity index (χ3n) is 9.61.